The molecule has 1 atom stereocenters. The van der Waals surface area contributed by atoms with Crippen molar-refractivity contribution in [1.82, 2.24) is 0 Å². The van der Waals surface area contributed by atoms with Crippen molar-refractivity contribution < 1.29 is 9.84 Å². The fraction of sp³-hybridized carbons (Fsp3) is 0.188. The minimum atomic E-state index is -0.427. The van der Waals surface area contributed by atoms with Crippen molar-refractivity contribution in [2.45, 2.75) is 19.4 Å². The largest absolute Gasteiger partial charge is 0.457 e. The SMILES string of the molecule is CC[C@H](O)c1ccc(Oc2ccc(C#N)cc2)cc1. The monoisotopic (exact) mass is 253 g/mol. The molecular formula is C16H15NO2. The average molecular weight is 253 g/mol. The normalized spacial score (nSPS) is 11.6. The summed E-state index contributed by atoms with van der Waals surface area (Å²) < 4.78 is 5.66. The number of benzene rings is 2. The molecule has 2 rings (SSSR count). The Balaban J connectivity index is 2.08. The van der Waals surface area contributed by atoms with E-state index in [1.807, 2.05) is 31.2 Å². The van der Waals surface area contributed by atoms with Crippen LogP contribution >= 0.6 is 0 Å². The lowest BCUT2D eigenvalue weighted by Gasteiger charge is -2.10. The molecule has 96 valence electrons. The topological polar surface area (TPSA) is 53.2 Å². The average Bonchev–Trinajstić information content (AvgIpc) is 2.48. The standard InChI is InChI=1S/C16H15NO2/c1-2-16(18)13-5-9-15(10-6-13)19-14-7-3-12(11-17)4-8-14/h3-10,16,18H,2H2,1H3/t16-/m0/s1. The molecule has 2 aromatic rings. The van der Waals surface area contributed by atoms with Gasteiger partial charge in [-0.1, -0.05) is 19.1 Å². The first-order valence-corrected chi connectivity index (χ1v) is 6.19. The van der Waals surface area contributed by atoms with E-state index in [0.717, 1.165) is 5.56 Å². The molecule has 0 aliphatic carbocycles. The summed E-state index contributed by atoms with van der Waals surface area (Å²) in [6.45, 7) is 1.94. The van der Waals surface area contributed by atoms with Crippen LogP contribution in [-0.4, -0.2) is 5.11 Å². The molecule has 0 amide bonds. The van der Waals surface area contributed by atoms with Crippen molar-refractivity contribution in [3.05, 3.63) is 59.7 Å². The van der Waals surface area contributed by atoms with E-state index in [9.17, 15) is 5.11 Å². The highest BCUT2D eigenvalue weighted by Crippen LogP contribution is 2.24. The molecule has 0 saturated heterocycles. The summed E-state index contributed by atoms with van der Waals surface area (Å²) in [6, 6.07) is 16.4. The van der Waals surface area contributed by atoms with Crippen LogP contribution < -0.4 is 4.74 Å². The van der Waals surface area contributed by atoms with Gasteiger partial charge >= 0.3 is 0 Å². The maximum atomic E-state index is 9.70. The van der Waals surface area contributed by atoms with Gasteiger partial charge in [0.2, 0.25) is 0 Å². The van der Waals surface area contributed by atoms with E-state index >= 15 is 0 Å². The van der Waals surface area contributed by atoms with E-state index in [1.165, 1.54) is 0 Å². The zero-order chi connectivity index (χ0) is 13.7. The van der Waals surface area contributed by atoms with Gasteiger partial charge in [0.15, 0.2) is 0 Å². The number of nitriles is 1. The summed E-state index contributed by atoms with van der Waals surface area (Å²) in [7, 11) is 0. The maximum absolute atomic E-state index is 9.70. The molecule has 2 aromatic carbocycles. The molecular weight excluding hydrogens is 238 g/mol. The highest BCUT2D eigenvalue weighted by molar-refractivity contribution is 5.38. The van der Waals surface area contributed by atoms with Crippen molar-refractivity contribution in [2.24, 2.45) is 0 Å². The van der Waals surface area contributed by atoms with Gasteiger partial charge in [-0.25, -0.2) is 0 Å². The first-order valence-electron chi connectivity index (χ1n) is 6.19. The lowest BCUT2D eigenvalue weighted by molar-refractivity contribution is 0.173. The maximum Gasteiger partial charge on any atom is 0.127 e. The molecule has 0 aromatic heterocycles. The smallest absolute Gasteiger partial charge is 0.127 e. The molecule has 3 heteroatoms. The molecule has 0 heterocycles. The summed E-state index contributed by atoms with van der Waals surface area (Å²) in [5.41, 5.74) is 1.49. The first kappa shape index (κ1) is 13.1. The number of aliphatic hydroxyl groups excluding tert-OH is 1. The summed E-state index contributed by atoms with van der Waals surface area (Å²) in [5, 5.41) is 18.4. The summed E-state index contributed by atoms with van der Waals surface area (Å²) >= 11 is 0. The molecule has 0 bridgehead atoms. The van der Waals surface area contributed by atoms with E-state index < -0.39 is 6.10 Å². The summed E-state index contributed by atoms with van der Waals surface area (Å²) in [5.74, 6) is 1.39. The van der Waals surface area contributed by atoms with Crippen molar-refractivity contribution in [3.8, 4) is 17.6 Å². The van der Waals surface area contributed by atoms with Crippen molar-refractivity contribution in [2.75, 3.05) is 0 Å². The van der Waals surface area contributed by atoms with Crippen LogP contribution in [0.15, 0.2) is 48.5 Å². The van der Waals surface area contributed by atoms with Crippen molar-refractivity contribution in [3.63, 3.8) is 0 Å². The Morgan fingerprint density at radius 1 is 1.05 bits per heavy atom. The number of hydrogen-bond donors (Lipinski definition) is 1. The van der Waals surface area contributed by atoms with Gasteiger partial charge in [0.25, 0.3) is 0 Å². The molecule has 0 saturated carbocycles. The zero-order valence-electron chi connectivity index (χ0n) is 10.7. The molecule has 3 nitrogen and oxygen atoms in total. The third-order valence-corrected chi connectivity index (χ3v) is 2.87. The molecule has 0 fully saturated rings. The van der Waals surface area contributed by atoms with Gasteiger partial charge in [0.05, 0.1) is 17.7 Å². The Morgan fingerprint density at radius 2 is 1.58 bits per heavy atom. The number of hydrogen-bond acceptors (Lipinski definition) is 3. The number of aliphatic hydroxyl groups is 1. The Bertz CT molecular complexity index is 567. The van der Waals surface area contributed by atoms with Crippen LogP contribution in [0.2, 0.25) is 0 Å². The fourth-order valence-corrected chi connectivity index (χ4v) is 1.73. The number of rotatable bonds is 4. The molecule has 0 aliphatic rings. The lowest BCUT2D eigenvalue weighted by Crippen LogP contribution is -1.94. The Labute approximate surface area is 112 Å². The second-order valence-corrected chi connectivity index (χ2v) is 4.23. The minimum absolute atomic E-state index is 0.427. The van der Waals surface area contributed by atoms with E-state index in [-0.39, 0.29) is 0 Å². The van der Waals surface area contributed by atoms with Gasteiger partial charge < -0.3 is 9.84 Å². The van der Waals surface area contributed by atoms with Crippen LogP contribution in [-0.2, 0) is 0 Å². The van der Waals surface area contributed by atoms with Crippen LogP contribution in [0.1, 0.15) is 30.6 Å². The van der Waals surface area contributed by atoms with Gasteiger partial charge in [-0.05, 0) is 48.4 Å². The summed E-state index contributed by atoms with van der Waals surface area (Å²) in [6.07, 6.45) is 0.263. The molecule has 0 unspecified atom stereocenters. The minimum Gasteiger partial charge on any atom is -0.457 e. The van der Waals surface area contributed by atoms with Crippen molar-refractivity contribution >= 4 is 0 Å². The number of nitrogens with zero attached hydrogens (tertiary/aromatic N) is 1. The molecule has 0 aliphatic heterocycles. The van der Waals surface area contributed by atoms with Crippen LogP contribution in [0.5, 0.6) is 11.5 Å². The van der Waals surface area contributed by atoms with E-state index in [1.54, 1.807) is 24.3 Å². The highest BCUT2D eigenvalue weighted by Gasteiger charge is 2.04. The van der Waals surface area contributed by atoms with Gasteiger partial charge in [0, 0.05) is 0 Å². The Hall–Kier alpha value is -2.31. The van der Waals surface area contributed by atoms with Crippen LogP contribution in [0.3, 0.4) is 0 Å². The van der Waals surface area contributed by atoms with Gasteiger partial charge in [-0.2, -0.15) is 5.26 Å². The summed E-state index contributed by atoms with van der Waals surface area (Å²) in [4.78, 5) is 0. The third kappa shape index (κ3) is 3.34. The zero-order valence-corrected chi connectivity index (χ0v) is 10.7. The van der Waals surface area contributed by atoms with Gasteiger partial charge in [-0.15, -0.1) is 0 Å². The predicted molar refractivity (Wildman–Crippen MR) is 72.9 cm³/mol. The van der Waals surface area contributed by atoms with E-state index in [0.29, 0.717) is 23.5 Å². The molecule has 1 N–H and O–H groups in total. The van der Waals surface area contributed by atoms with Crippen molar-refractivity contribution in [1.29, 1.82) is 5.26 Å². The lowest BCUT2D eigenvalue weighted by atomic mass is 10.1. The Kier molecular flexibility index (Phi) is 4.17. The highest BCUT2D eigenvalue weighted by atomic mass is 16.5. The second-order valence-electron chi connectivity index (χ2n) is 4.23. The van der Waals surface area contributed by atoms with Gasteiger partial charge in [-0.3, -0.25) is 0 Å². The first-order chi connectivity index (χ1) is 9.22. The second kappa shape index (κ2) is 6.03. The van der Waals surface area contributed by atoms with E-state index in [2.05, 4.69) is 6.07 Å². The van der Waals surface area contributed by atoms with E-state index in [4.69, 9.17) is 10.00 Å². The van der Waals surface area contributed by atoms with Gasteiger partial charge in [0.1, 0.15) is 11.5 Å². The van der Waals surface area contributed by atoms with Crippen LogP contribution in [0.25, 0.3) is 0 Å². The quantitative estimate of drug-likeness (QED) is 0.901. The molecule has 19 heavy (non-hydrogen) atoms. The van der Waals surface area contributed by atoms with Crippen LogP contribution in [0, 0.1) is 11.3 Å². The predicted octanol–water partition coefficient (Wildman–Crippen LogP) is 3.79. The molecule has 0 radical (unpaired) electrons. The fourth-order valence-electron chi connectivity index (χ4n) is 1.73. The number of ether oxygens (including phenoxy) is 1. The Morgan fingerprint density at radius 3 is 2.05 bits per heavy atom. The molecule has 0 spiro atoms. The third-order valence-electron chi connectivity index (χ3n) is 2.87. The van der Waals surface area contributed by atoms with Crippen LogP contribution in [0.4, 0.5) is 0 Å².